The third-order valence-corrected chi connectivity index (χ3v) is 5.63. The molecule has 9 heteroatoms. The molecule has 4 rings (SSSR count). The molecule has 2 aromatic carbocycles. The highest BCUT2D eigenvalue weighted by atomic mass is 32.2. The Morgan fingerprint density at radius 2 is 1.87 bits per heavy atom. The van der Waals surface area contributed by atoms with Gasteiger partial charge in [-0.3, -0.25) is 23.4 Å². The molecule has 0 fully saturated rings. The van der Waals surface area contributed by atoms with E-state index in [4.69, 9.17) is 0 Å². The predicted octanol–water partition coefficient (Wildman–Crippen LogP) is 3.16. The minimum atomic E-state index is -0.279. The van der Waals surface area contributed by atoms with E-state index in [-0.39, 0.29) is 29.5 Å². The highest BCUT2D eigenvalue weighted by molar-refractivity contribution is 7.99. The molecule has 0 aliphatic heterocycles. The number of carbonyl (C=O) groups is 2. The van der Waals surface area contributed by atoms with Gasteiger partial charge in [-0.05, 0) is 31.2 Å². The number of anilines is 1. The smallest absolute Gasteiger partial charge is 0.263 e. The van der Waals surface area contributed by atoms with Crippen LogP contribution in [0, 0.1) is 0 Å². The van der Waals surface area contributed by atoms with Crippen molar-refractivity contribution in [1.29, 1.82) is 0 Å². The van der Waals surface area contributed by atoms with Crippen LogP contribution in [-0.2, 0) is 11.3 Å². The van der Waals surface area contributed by atoms with Crippen LogP contribution in [0.15, 0.2) is 71.1 Å². The van der Waals surface area contributed by atoms with E-state index < -0.39 is 0 Å². The van der Waals surface area contributed by atoms with E-state index in [2.05, 4.69) is 22.1 Å². The number of hydrogen-bond donors (Lipinski definition) is 1. The highest BCUT2D eigenvalue weighted by Gasteiger charge is 2.17. The summed E-state index contributed by atoms with van der Waals surface area (Å²) in [5.41, 5.74) is 1.41. The first-order valence-corrected chi connectivity index (χ1v) is 10.5. The van der Waals surface area contributed by atoms with Crippen LogP contribution in [0.3, 0.4) is 0 Å². The molecule has 0 atom stereocenters. The van der Waals surface area contributed by atoms with Gasteiger partial charge in [0, 0.05) is 12.1 Å². The van der Waals surface area contributed by atoms with Gasteiger partial charge in [0.15, 0.2) is 10.9 Å². The van der Waals surface area contributed by atoms with Crippen LogP contribution in [0.25, 0.3) is 16.7 Å². The Labute approximate surface area is 181 Å². The number of ketones is 1. The summed E-state index contributed by atoms with van der Waals surface area (Å²) in [6.45, 7) is 5.45. The second-order valence-corrected chi connectivity index (χ2v) is 7.72. The molecule has 0 spiro atoms. The fourth-order valence-electron chi connectivity index (χ4n) is 3.34. The number of allylic oxidation sites excluding steroid dienone is 1. The minimum absolute atomic E-state index is 0.0575. The Morgan fingerprint density at radius 3 is 2.65 bits per heavy atom. The topological polar surface area (TPSA) is 98.4 Å². The largest absolute Gasteiger partial charge is 0.325 e. The van der Waals surface area contributed by atoms with Crippen LogP contribution >= 0.6 is 11.8 Å². The van der Waals surface area contributed by atoms with Crippen LogP contribution in [-0.4, -0.2) is 36.6 Å². The van der Waals surface area contributed by atoms with E-state index in [0.717, 1.165) is 0 Å². The molecule has 31 heavy (non-hydrogen) atoms. The van der Waals surface area contributed by atoms with E-state index in [1.54, 1.807) is 46.9 Å². The molecule has 8 nitrogen and oxygen atoms in total. The fraction of sp³-hybridized carbons (Fsp3) is 0.136. The molecular formula is C22H19N5O3S. The normalized spacial score (nSPS) is 11.0. The molecule has 2 aromatic heterocycles. The first-order valence-electron chi connectivity index (χ1n) is 9.51. The summed E-state index contributed by atoms with van der Waals surface area (Å²) in [5.74, 6) is 0.0355. The van der Waals surface area contributed by atoms with Gasteiger partial charge in [0.05, 0.1) is 22.3 Å². The second kappa shape index (κ2) is 8.57. The standard InChI is InChI=1S/C22H19N5O3S/c1-3-12-26-20(30)16-9-5-7-11-18(16)27-21(26)24-25-22(27)31-13-19(29)23-17-10-6-4-8-15(17)14(2)28/h3-11H,1,12-13H2,2H3,(H,23,29). The molecule has 4 aromatic rings. The number of carbonyl (C=O) groups excluding carboxylic acids is 2. The van der Waals surface area contributed by atoms with Crippen LogP contribution < -0.4 is 10.9 Å². The molecule has 1 N–H and O–H groups in total. The van der Waals surface area contributed by atoms with Gasteiger partial charge >= 0.3 is 0 Å². The van der Waals surface area contributed by atoms with Crippen LogP contribution in [0.5, 0.6) is 0 Å². The molecule has 0 saturated heterocycles. The Bertz CT molecular complexity index is 1390. The van der Waals surface area contributed by atoms with Crippen molar-refractivity contribution in [3.05, 3.63) is 77.1 Å². The van der Waals surface area contributed by atoms with Gasteiger partial charge in [-0.15, -0.1) is 16.8 Å². The number of hydrogen-bond acceptors (Lipinski definition) is 6. The molecular weight excluding hydrogens is 414 g/mol. The highest BCUT2D eigenvalue weighted by Crippen LogP contribution is 2.22. The monoisotopic (exact) mass is 433 g/mol. The Balaban J connectivity index is 1.66. The van der Waals surface area contributed by atoms with Crippen molar-refractivity contribution in [3.8, 4) is 0 Å². The van der Waals surface area contributed by atoms with Crippen LogP contribution in [0.1, 0.15) is 17.3 Å². The van der Waals surface area contributed by atoms with E-state index in [1.807, 2.05) is 12.1 Å². The summed E-state index contributed by atoms with van der Waals surface area (Å²) in [4.78, 5) is 37.1. The number of amides is 1. The Morgan fingerprint density at radius 1 is 1.13 bits per heavy atom. The van der Waals surface area contributed by atoms with E-state index >= 15 is 0 Å². The SMILES string of the molecule is C=CCn1c(=O)c2ccccc2n2c(SCC(=O)Nc3ccccc3C(C)=O)nnc12. The number of para-hydroxylation sites is 2. The van der Waals surface area contributed by atoms with Crippen molar-refractivity contribution in [2.24, 2.45) is 0 Å². The van der Waals surface area contributed by atoms with Gasteiger partial charge < -0.3 is 5.32 Å². The third kappa shape index (κ3) is 3.87. The van der Waals surface area contributed by atoms with Crippen molar-refractivity contribution >= 4 is 45.8 Å². The van der Waals surface area contributed by atoms with Gasteiger partial charge in [0.25, 0.3) is 5.56 Å². The van der Waals surface area contributed by atoms with Crippen molar-refractivity contribution < 1.29 is 9.59 Å². The molecule has 156 valence electrons. The molecule has 0 aliphatic rings. The summed E-state index contributed by atoms with van der Waals surface area (Å²) >= 11 is 1.20. The third-order valence-electron chi connectivity index (χ3n) is 4.70. The Kier molecular flexibility index (Phi) is 5.68. The molecule has 0 unspecified atom stereocenters. The first-order chi connectivity index (χ1) is 15.0. The minimum Gasteiger partial charge on any atom is -0.325 e. The number of nitrogens with one attached hydrogen (secondary N) is 1. The zero-order chi connectivity index (χ0) is 22.0. The maximum absolute atomic E-state index is 12.8. The van der Waals surface area contributed by atoms with Crippen molar-refractivity contribution in [2.45, 2.75) is 18.6 Å². The van der Waals surface area contributed by atoms with E-state index in [0.29, 0.717) is 33.1 Å². The number of Topliss-reactive ketones (excluding diaryl/α,β-unsaturated/α-hetero) is 1. The lowest BCUT2D eigenvalue weighted by Gasteiger charge is -2.10. The number of benzene rings is 2. The first kappa shape index (κ1) is 20.5. The number of fused-ring (bicyclic) bond motifs is 3. The maximum atomic E-state index is 12.8. The van der Waals surface area contributed by atoms with Crippen LogP contribution in [0.4, 0.5) is 5.69 Å². The second-order valence-electron chi connectivity index (χ2n) is 6.78. The zero-order valence-corrected chi connectivity index (χ0v) is 17.6. The molecule has 0 saturated carbocycles. The summed E-state index contributed by atoms with van der Waals surface area (Å²) in [5, 5.41) is 12.2. The summed E-state index contributed by atoms with van der Waals surface area (Å²) in [7, 11) is 0. The van der Waals surface area contributed by atoms with Crippen molar-refractivity contribution in [1.82, 2.24) is 19.2 Å². The van der Waals surface area contributed by atoms with Gasteiger partial charge in [-0.2, -0.15) is 0 Å². The molecule has 1 amide bonds. The van der Waals surface area contributed by atoms with Gasteiger partial charge in [-0.25, -0.2) is 0 Å². The lowest BCUT2D eigenvalue weighted by Crippen LogP contribution is -2.22. The average molecular weight is 433 g/mol. The molecule has 0 aliphatic carbocycles. The molecule has 0 radical (unpaired) electrons. The van der Waals surface area contributed by atoms with Crippen molar-refractivity contribution in [3.63, 3.8) is 0 Å². The van der Waals surface area contributed by atoms with Gasteiger partial charge in [0.1, 0.15) is 0 Å². The summed E-state index contributed by atoms with van der Waals surface area (Å²) < 4.78 is 3.26. The molecule has 2 heterocycles. The van der Waals surface area contributed by atoms with E-state index in [9.17, 15) is 14.4 Å². The van der Waals surface area contributed by atoms with Crippen LogP contribution in [0.2, 0.25) is 0 Å². The van der Waals surface area contributed by atoms with Crippen molar-refractivity contribution in [2.75, 3.05) is 11.1 Å². The number of aromatic nitrogens is 4. The average Bonchev–Trinajstić information content (AvgIpc) is 3.19. The lowest BCUT2D eigenvalue weighted by atomic mass is 10.1. The van der Waals surface area contributed by atoms with E-state index in [1.165, 1.54) is 23.3 Å². The Hall–Kier alpha value is -3.72. The number of thioether (sulfide) groups is 1. The number of nitrogens with zero attached hydrogens (tertiary/aromatic N) is 4. The summed E-state index contributed by atoms with van der Waals surface area (Å²) in [6.07, 6.45) is 1.62. The zero-order valence-electron chi connectivity index (χ0n) is 16.7. The maximum Gasteiger partial charge on any atom is 0.263 e. The van der Waals surface area contributed by atoms with Gasteiger partial charge in [0.2, 0.25) is 11.7 Å². The van der Waals surface area contributed by atoms with Gasteiger partial charge in [-0.1, -0.05) is 42.1 Å². The fourth-order valence-corrected chi connectivity index (χ4v) is 4.08. The summed E-state index contributed by atoms with van der Waals surface area (Å²) in [6, 6.07) is 14.1. The lowest BCUT2D eigenvalue weighted by molar-refractivity contribution is -0.113. The quantitative estimate of drug-likeness (QED) is 0.273. The predicted molar refractivity (Wildman–Crippen MR) is 121 cm³/mol. The molecule has 0 bridgehead atoms. The number of rotatable bonds is 7.